The van der Waals surface area contributed by atoms with Crippen LogP contribution in [0.2, 0.25) is 0 Å². The first-order chi connectivity index (χ1) is 15.5. The molecule has 0 atom stereocenters. The van der Waals surface area contributed by atoms with E-state index >= 15 is 0 Å². The smallest absolute Gasteiger partial charge is 0.379 e. The molecule has 32 heavy (non-hydrogen) atoms. The fraction of sp³-hybridized carbons (Fsp3) is 0.167. The molecule has 1 aliphatic rings. The van der Waals surface area contributed by atoms with E-state index < -0.39 is 12.0 Å². The number of ether oxygens (including phenoxy) is 1. The number of benzene rings is 2. The van der Waals surface area contributed by atoms with E-state index in [1.807, 2.05) is 24.3 Å². The Balaban J connectivity index is 1.52. The van der Waals surface area contributed by atoms with Crippen molar-refractivity contribution in [2.24, 2.45) is 10.8 Å². The van der Waals surface area contributed by atoms with Crippen LogP contribution in [-0.4, -0.2) is 17.7 Å². The first-order valence-corrected chi connectivity index (χ1v) is 10.0. The molecule has 3 aromatic rings. The van der Waals surface area contributed by atoms with Crippen molar-refractivity contribution >= 4 is 17.7 Å². The van der Waals surface area contributed by atoms with Crippen LogP contribution in [0.3, 0.4) is 0 Å². The number of amides is 2. The molecule has 8 heteroatoms. The lowest BCUT2D eigenvalue weighted by Gasteiger charge is -2.12. The Kier molecular flexibility index (Phi) is 5.73. The number of carbonyl (C=O) groups excluding carboxylic acids is 2. The molecule has 4 rings (SSSR count). The van der Waals surface area contributed by atoms with Gasteiger partial charge in [0.1, 0.15) is 11.5 Å². The molecule has 2 aromatic carbocycles. The highest BCUT2D eigenvalue weighted by atomic mass is 16.5. The predicted octanol–water partition coefficient (Wildman–Crippen LogP) is 4.05. The Labute approximate surface area is 184 Å². The number of urea groups is 1. The van der Waals surface area contributed by atoms with Gasteiger partial charge in [-0.1, -0.05) is 24.3 Å². The molecule has 160 valence electrons. The van der Waals surface area contributed by atoms with Gasteiger partial charge in [-0.3, -0.25) is 0 Å². The molecular formula is C24H20N4O4. The molecule has 1 aliphatic carbocycles. The van der Waals surface area contributed by atoms with Crippen LogP contribution in [0.25, 0.3) is 11.1 Å². The van der Waals surface area contributed by atoms with Gasteiger partial charge in [0.2, 0.25) is 5.76 Å². The number of furan rings is 1. The van der Waals surface area contributed by atoms with Crippen LogP contribution in [0.5, 0.6) is 5.75 Å². The molecule has 0 unspecified atom stereocenters. The lowest BCUT2D eigenvalue weighted by Crippen LogP contribution is -2.27. The highest BCUT2D eigenvalue weighted by molar-refractivity contribution is 6.06. The van der Waals surface area contributed by atoms with E-state index in [4.69, 9.17) is 20.1 Å². The van der Waals surface area contributed by atoms with E-state index in [2.05, 4.69) is 16.6 Å². The number of rotatable bonds is 4. The van der Waals surface area contributed by atoms with Crippen molar-refractivity contribution in [2.45, 2.75) is 26.2 Å². The summed E-state index contributed by atoms with van der Waals surface area (Å²) in [6, 6.07) is 15.6. The van der Waals surface area contributed by atoms with E-state index in [0.717, 1.165) is 17.5 Å². The van der Waals surface area contributed by atoms with Crippen LogP contribution in [-0.2, 0) is 6.42 Å². The summed E-state index contributed by atoms with van der Waals surface area (Å²) < 4.78 is 11.3. The molecule has 8 nitrogen and oxygen atoms in total. The van der Waals surface area contributed by atoms with E-state index in [1.54, 1.807) is 31.2 Å². The van der Waals surface area contributed by atoms with Crippen molar-refractivity contribution in [1.82, 2.24) is 5.43 Å². The van der Waals surface area contributed by atoms with Crippen molar-refractivity contribution in [3.05, 3.63) is 76.7 Å². The Bertz CT molecular complexity index is 1250. The summed E-state index contributed by atoms with van der Waals surface area (Å²) in [6.07, 6.45) is 2.09. The van der Waals surface area contributed by atoms with Crippen molar-refractivity contribution in [1.29, 1.82) is 5.26 Å². The average Bonchev–Trinajstić information content (AvgIpc) is 3.15. The number of hydrogen-bond donors (Lipinski definition) is 2. The van der Waals surface area contributed by atoms with Gasteiger partial charge in [-0.25, -0.2) is 15.0 Å². The van der Waals surface area contributed by atoms with E-state index in [-0.39, 0.29) is 5.76 Å². The summed E-state index contributed by atoms with van der Waals surface area (Å²) in [7, 11) is 0. The average molecular weight is 428 g/mol. The number of nitrogens with two attached hydrogens (primary N) is 1. The number of nitriles is 1. The maximum atomic E-state index is 12.8. The van der Waals surface area contributed by atoms with Crippen LogP contribution in [0.4, 0.5) is 4.79 Å². The molecular weight excluding hydrogens is 408 g/mol. The monoisotopic (exact) mass is 428 g/mol. The van der Waals surface area contributed by atoms with Gasteiger partial charge in [-0.2, -0.15) is 10.4 Å². The van der Waals surface area contributed by atoms with Gasteiger partial charge in [-0.15, -0.1) is 0 Å². The van der Waals surface area contributed by atoms with Gasteiger partial charge < -0.3 is 14.9 Å². The second kappa shape index (κ2) is 8.78. The Hall–Kier alpha value is -4.38. The minimum absolute atomic E-state index is 0.111. The molecule has 0 bridgehead atoms. The lowest BCUT2D eigenvalue weighted by molar-refractivity contribution is 0.0698. The maximum absolute atomic E-state index is 12.8. The van der Waals surface area contributed by atoms with Gasteiger partial charge in [0, 0.05) is 17.5 Å². The Morgan fingerprint density at radius 1 is 1.09 bits per heavy atom. The fourth-order valence-electron chi connectivity index (χ4n) is 3.70. The zero-order chi connectivity index (χ0) is 22.7. The highest BCUT2D eigenvalue weighted by Crippen LogP contribution is 2.31. The van der Waals surface area contributed by atoms with Gasteiger partial charge in [0.25, 0.3) is 0 Å². The van der Waals surface area contributed by atoms with Gasteiger partial charge in [0.05, 0.1) is 17.3 Å². The van der Waals surface area contributed by atoms with Crippen molar-refractivity contribution in [3.63, 3.8) is 0 Å². The van der Waals surface area contributed by atoms with Crippen molar-refractivity contribution in [3.8, 4) is 22.9 Å². The van der Waals surface area contributed by atoms with Crippen LogP contribution < -0.4 is 15.9 Å². The molecule has 0 spiro atoms. The minimum Gasteiger partial charge on any atom is -0.453 e. The number of fused-ring (bicyclic) bond motifs is 1. The Morgan fingerprint density at radius 3 is 2.38 bits per heavy atom. The number of esters is 1. The van der Waals surface area contributed by atoms with Crippen LogP contribution in [0, 0.1) is 18.3 Å². The molecule has 1 heterocycles. The third-order valence-electron chi connectivity index (χ3n) is 5.22. The quantitative estimate of drug-likeness (QED) is 0.368. The lowest BCUT2D eigenvalue weighted by atomic mass is 9.93. The molecule has 0 aliphatic heterocycles. The topological polar surface area (TPSA) is 131 Å². The number of carbonyl (C=O) groups is 2. The molecule has 0 radical (unpaired) electrons. The number of nitrogens with one attached hydrogen (secondary N) is 1. The van der Waals surface area contributed by atoms with E-state index in [9.17, 15) is 9.59 Å². The number of hydrazone groups is 1. The van der Waals surface area contributed by atoms with Crippen molar-refractivity contribution in [2.75, 3.05) is 0 Å². The molecule has 1 aromatic heterocycles. The Morgan fingerprint density at radius 2 is 1.75 bits per heavy atom. The molecule has 3 N–H and O–H groups in total. The second-order valence-electron chi connectivity index (χ2n) is 7.35. The fourth-order valence-corrected chi connectivity index (χ4v) is 3.70. The summed E-state index contributed by atoms with van der Waals surface area (Å²) >= 11 is 0. The summed E-state index contributed by atoms with van der Waals surface area (Å²) in [4.78, 5) is 23.8. The number of nitrogens with zero attached hydrogens (tertiary/aromatic N) is 2. The molecule has 2 amide bonds. The number of aryl methyl sites for hydroxylation is 1. The summed E-state index contributed by atoms with van der Waals surface area (Å²) in [5, 5.41) is 13.0. The van der Waals surface area contributed by atoms with Gasteiger partial charge in [-0.05, 0) is 55.2 Å². The van der Waals surface area contributed by atoms with Gasteiger partial charge >= 0.3 is 12.0 Å². The third-order valence-corrected chi connectivity index (χ3v) is 5.22. The largest absolute Gasteiger partial charge is 0.453 e. The zero-order valence-electron chi connectivity index (χ0n) is 17.3. The number of primary amides is 1. The first-order valence-electron chi connectivity index (χ1n) is 10.0. The molecule has 0 saturated heterocycles. The zero-order valence-corrected chi connectivity index (χ0v) is 17.3. The molecule has 0 saturated carbocycles. The van der Waals surface area contributed by atoms with Crippen LogP contribution in [0.15, 0.2) is 58.0 Å². The third kappa shape index (κ3) is 4.23. The number of hydrogen-bond acceptors (Lipinski definition) is 6. The van der Waals surface area contributed by atoms with Gasteiger partial charge in [0.15, 0.2) is 0 Å². The summed E-state index contributed by atoms with van der Waals surface area (Å²) in [5.74, 6) is 0.525. The van der Waals surface area contributed by atoms with E-state index in [0.29, 0.717) is 46.8 Å². The van der Waals surface area contributed by atoms with Crippen molar-refractivity contribution < 1.29 is 18.7 Å². The highest BCUT2D eigenvalue weighted by Gasteiger charge is 2.29. The van der Waals surface area contributed by atoms with E-state index in [1.165, 1.54) is 0 Å². The minimum atomic E-state index is -0.755. The van der Waals surface area contributed by atoms with Crippen LogP contribution in [0.1, 0.15) is 45.8 Å². The standard InChI is InChI=1S/C24H20N4O4/c1-14-21-19(27-28-24(26)30)3-2-4-20(21)32-22(14)23(29)31-18-11-9-17(10-12-18)16-7-5-15(13-25)6-8-16/h5-12H,2-4H2,1H3,(H3,26,28,30)/b27-19+. The van der Waals surface area contributed by atoms with Crippen LogP contribution >= 0.6 is 0 Å². The SMILES string of the molecule is Cc1c(C(=O)Oc2ccc(-c3ccc(C#N)cc3)cc2)oc2c1/C(=N/NC(N)=O)CCC2. The summed E-state index contributed by atoms with van der Waals surface area (Å²) in [5.41, 5.74) is 11.8. The first kappa shape index (κ1) is 20.9. The maximum Gasteiger partial charge on any atom is 0.379 e. The second-order valence-corrected chi connectivity index (χ2v) is 7.35. The normalized spacial score (nSPS) is 13.8. The predicted molar refractivity (Wildman–Crippen MR) is 117 cm³/mol. The molecule has 0 fully saturated rings. The summed E-state index contributed by atoms with van der Waals surface area (Å²) in [6.45, 7) is 1.76.